The Labute approximate surface area is 83.2 Å². The van der Waals surface area contributed by atoms with Gasteiger partial charge in [-0.25, -0.2) is 4.79 Å². The summed E-state index contributed by atoms with van der Waals surface area (Å²) in [5.74, 6) is -0.314. The first-order chi connectivity index (χ1) is 6.38. The summed E-state index contributed by atoms with van der Waals surface area (Å²) >= 11 is 0. The van der Waals surface area contributed by atoms with Crippen molar-refractivity contribution in [3.8, 4) is 0 Å². The minimum absolute atomic E-state index is 0.234. The highest BCUT2D eigenvalue weighted by Gasteiger charge is 2.27. The molecule has 1 unspecified atom stereocenters. The molecule has 2 amide bonds. The number of rotatable bonds is 1. The van der Waals surface area contributed by atoms with Crippen LogP contribution in [0.1, 0.15) is 27.2 Å². The first-order valence-electron chi connectivity index (χ1n) is 4.66. The first-order valence-corrected chi connectivity index (χ1v) is 4.66. The second-order valence-corrected chi connectivity index (χ2v) is 4.29. The lowest BCUT2D eigenvalue weighted by Crippen LogP contribution is -2.54. The van der Waals surface area contributed by atoms with Gasteiger partial charge in [-0.2, -0.15) is 0 Å². The minimum Gasteiger partial charge on any atom is -0.444 e. The Balaban J connectivity index is 2.29. The molecule has 0 aromatic heterocycles. The van der Waals surface area contributed by atoms with Crippen LogP contribution in [0.2, 0.25) is 0 Å². The SMILES string of the molecule is CC(C)(C)OC(=O)NC(=O)C1CCN1. The van der Waals surface area contributed by atoms with Crippen LogP contribution in [0, 0.1) is 0 Å². The maximum Gasteiger partial charge on any atom is 0.414 e. The molecular formula is C9H16N2O3. The molecule has 1 heterocycles. The third-order valence-electron chi connectivity index (χ3n) is 1.76. The van der Waals surface area contributed by atoms with Gasteiger partial charge in [0.05, 0.1) is 6.04 Å². The molecule has 1 saturated heterocycles. The van der Waals surface area contributed by atoms with Crippen molar-refractivity contribution in [3.05, 3.63) is 0 Å². The topological polar surface area (TPSA) is 67.4 Å². The second-order valence-electron chi connectivity index (χ2n) is 4.29. The van der Waals surface area contributed by atoms with Crippen molar-refractivity contribution in [2.24, 2.45) is 0 Å². The van der Waals surface area contributed by atoms with E-state index in [1.807, 2.05) is 0 Å². The van der Waals surface area contributed by atoms with E-state index in [0.717, 1.165) is 13.0 Å². The Morgan fingerprint density at radius 1 is 1.43 bits per heavy atom. The number of ether oxygens (including phenoxy) is 1. The fourth-order valence-electron chi connectivity index (χ4n) is 1.00. The zero-order chi connectivity index (χ0) is 10.8. The van der Waals surface area contributed by atoms with Gasteiger partial charge < -0.3 is 10.1 Å². The number of nitrogens with one attached hydrogen (secondary N) is 2. The largest absolute Gasteiger partial charge is 0.444 e. The van der Waals surface area contributed by atoms with Crippen LogP contribution in [0.3, 0.4) is 0 Å². The lowest BCUT2D eigenvalue weighted by atomic mass is 10.1. The average molecular weight is 200 g/mol. The standard InChI is InChI=1S/C9H16N2O3/c1-9(2,3)14-8(13)11-7(12)6-4-5-10-6/h6,10H,4-5H2,1-3H3,(H,11,12,13). The zero-order valence-corrected chi connectivity index (χ0v) is 8.72. The minimum atomic E-state index is -0.684. The van der Waals surface area contributed by atoms with E-state index in [2.05, 4.69) is 10.6 Å². The van der Waals surface area contributed by atoms with E-state index in [0.29, 0.717) is 0 Å². The summed E-state index contributed by atoms with van der Waals surface area (Å²) in [4.78, 5) is 22.4. The van der Waals surface area contributed by atoms with E-state index in [9.17, 15) is 9.59 Å². The number of hydrogen-bond donors (Lipinski definition) is 2. The van der Waals surface area contributed by atoms with Crippen LogP contribution in [-0.2, 0) is 9.53 Å². The molecular weight excluding hydrogens is 184 g/mol. The van der Waals surface area contributed by atoms with E-state index in [1.165, 1.54) is 0 Å². The normalized spacial score (nSPS) is 20.9. The first kappa shape index (κ1) is 11.0. The fraction of sp³-hybridized carbons (Fsp3) is 0.778. The monoisotopic (exact) mass is 200 g/mol. The number of carbonyl (C=O) groups is 2. The number of amides is 2. The summed E-state index contributed by atoms with van der Waals surface area (Å²) in [5.41, 5.74) is -0.572. The van der Waals surface area contributed by atoms with Gasteiger partial charge in [-0.3, -0.25) is 10.1 Å². The molecule has 1 aliphatic heterocycles. The highest BCUT2D eigenvalue weighted by molar-refractivity contribution is 5.95. The number of hydrogen-bond acceptors (Lipinski definition) is 4. The average Bonchev–Trinajstić information content (AvgIpc) is 1.75. The van der Waals surface area contributed by atoms with E-state index < -0.39 is 11.7 Å². The summed E-state index contributed by atoms with van der Waals surface area (Å²) in [6, 6.07) is -0.234. The molecule has 0 aromatic rings. The molecule has 0 saturated carbocycles. The van der Waals surface area contributed by atoms with Crippen LogP contribution < -0.4 is 10.6 Å². The van der Waals surface area contributed by atoms with Crippen molar-refractivity contribution < 1.29 is 14.3 Å². The molecule has 5 heteroatoms. The summed E-state index contributed by atoms with van der Waals surface area (Å²) in [6.45, 7) is 6.07. The van der Waals surface area contributed by atoms with Gasteiger partial charge in [0, 0.05) is 0 Å². The highest BCUT2D eigenvalue weighted by atomic mass is 16.6. The predicted molar refractivity (Wildman–Crippen MR) is 50.8 cm³/mol. The maximum atomic E-state index is 11.2. The number of carbonyl (C=O) groups excluding carboxylic acids is 2. The molecule has 0 aliphatic carbocycles. The van der Waals surface area contributed by atoms with E-state index in [-0.39, 0.29) is 11.9 Å². The lowest BCUT2D eigenvalue weighted by Gasteiger charge is -2.26. The summed E-state index contributed by atoms with van der Waals surface area (Å²) < 4.78 is 4.93. The van der Waals surface area contributed by atoms with Gasteiger partial charge in [0.1, 0.15) is 5.60 Å². The smallest absolute Gasteiger partial charge is 0.414 e. The van der Waals surface area contributed by atoms with Crippen LogP contribution in [-0.4, -0.2) is 30.2 Å². The Morgan fingerprint density at radius 2 is 2.00 bits per heavy atom. The second kappa shape index (κ2) is 3.96. The van der Waals surface area contributed by atoms with E-state index in [1.54, 1.807) is 20.8 Å². The molecule has 80 valence electrons. The molecule has 0 aromatic carbocycles. The number of alkyl carbamates (subject to hydrolysis) is 1. The van der Waals surface area contributed by atoms with Crippen molar-refractivity contribution >= 4 is 12.0 Å². The van der Waals surface area contributed by atoms with Crippen LogP contribution in [0.25, 0.3) is 0 Å². The van der Waals surface area contributed by atoms with Gasteiger partial charge in [-0.15, -0.1) is 0 Å². The zero-order valence-electron chi connectivity index (χ0n) is 8.72. The van der Waals surface area contributed by atoms with E-state index in [4.69, 9.17) is 4.74 Å². The fourth-order valence-corrected chi connectivity index (χ4v) is 1.00. The van der Waals surface area contributed by atoms with Gasteiger partial charge >= 0.3 is 6.09 Å². The van der Waals surface area contributed by atoms with Crippen molar-refractivity contribution in [1.29, 1.82) is 0 Å². The van der Waals surface area contributed by atoms with E-state index >= 15 is 0 Å². The Kier molecular flexibility index (Phi) is 3.10. The maximum absolute atomic E-state index is 11.2. The predicted octanol–water partition coefficient (Wildman–Crippen LogP) is 0.400. The summed E-state index contributed by atoms with van der Waals surface area (Å²) in [6.07, 6.45) is 0.0884. The molecule has 1 rings (SSSR count). The van der Waals surface area contributed by atoms with Gasteiger partial charge in [0.15, 0.2) is 0 Å². The molecule has 0 radical (unpaired) electrons. The molecule has 1 atom stereocenters. The number of imide groups is 1. The molecule has 2 N–H and O–H groups in total. The van der Waals surface area contributed by atoms with Crippen LogP contribution in [0.5, 0.6) is 0 Å². The van der Waals surface area contributed by atoms with Crippen molar-refractivity contribution in [2.75, 3.05) is 6.54 Å². The van der Waals surface area contributed by atoms with Crippen molar-refractivity contribution in [1.82, 2.24) is 10.6 Å². The van der Waals surface area contributed by atoms with Gasteiger partial charge in [-0.05, 0) is 33.7 Å². The summed E-state index contributed by atoms with van der Waals surface area (Å²) in [5, 5.41) is 5.07. The molecule has 0 bridgehead atoms. The third kappa shape index (κ3) is 3.33. The Hall–Kier alpha value is -1.10. The molecule has 1 aliphatic rings. The lowest BCUT2D eigenvalue weighted by molar-refractivity contribution is -0.124. The van der Waals surface area contributed by atoms with Crippen molar-refractivity contribution in [3.63, 3.8) is 0 Å². The summed E-state index contributed by atoms with van der Waals surface area (Å²) in [7, 11) is 0. The van der Waals surface area contributed by atoms with Gasteiger partial charge in [0.25, 0.3) is 0 Å². The molecule has 5 nitrogen and oxygen atoms in total. The highest BCUT2D eigenvalue weighted by Crippen LogP contribution is 2.07. The quantitative estimate of drug-likeness (QED) is 0.643. The van der Waals surface area contributed by atoms with Crippen LogP contribution in [0.4, 0.5) is 4.79 Å². The van der Waals surface area contributed by atoms with Gasteiger partial charge in [-0.1, -0.05) is 0 Å². The molecule has 0 spiro atoms. The van der Waals surface area contributed by atoms with Crippen LogP contribution in [0.15, 0.2) is 0 Å². The molecule has 14 heavy (non-hydrogen) atoms. The molecule has 1 fully saturated rings. The Morgan fingerprint density at radius 3 is 2.36 bits per heavy atom. The van der Waals surface area contributed by atoms with Crippen LogP contribution >= 0.6 is 0 Å². The van der Waals surface area contributed by atoms with Gasteiger partial charge in [0.2, 0.25) is 5.91 Å². The van der Waals surface area contributed by atoms with Crippen molar-refractivity contribution in [2.45, 2.75) is 38.8 Å². The Bertz CT molecular complexity index is 241. The third-order valence-corrected chi connectivity index (χ3v) is 1.76.